The predicted molar refractivity (Wildman–Crippen MR) is 122 cm³/mol. The van der Waals surface area contributed by atoms with Crippen molar-refractivity contribution in [3.05, 3.63) is 92.4 Å². The Labute approximate surface area is 180 Å². The SMILES string of the molecule is CCC(C)c1ccccc1N=Cc1cc(Cc2ccccc2Cl)cc(Br)c1O. The molecule has 1 atom stereocenters. The van der Waals surface area contributed by atoms with E-state index in [1.807, 2.05) is 54.6 Å². The Morgan fingerprint density at radius 1 is 1.11 bits per heavy atom. The molecule has 0 aliphatic rings. The van der Waals surface area contributed by atoms with E-state index in [-0.39, 0.29) is 5.75 Å². The fraction of sp³-hybridized carbons (Fsp3) is 0.208. The second kappa shape index (κ2) is 9.40. The molecule has 0 amide bonds. The lowest BCUT2D eigenvalue weighted by molar-refractivity contribution is 0.471. The van der Waals surface area contributed by atoms with Gasteiger partial charge in [-0.1, -0.05) is 61.8 Å². The monoisotopic (exact) mass is 455 g/mol. The third-order valence-corrected chi connectivity index (χ3v) is 5.90. The number of aromatic hydroxyl groups is 1. The highest BCUT2D eigenvalue weighted by Gasteiger charge is 2.10. The fourth-order valence-electron chi connectivity index (χ4n) is 3.12. The number of hydrogen-bond donors (Lipinski definition) is 1. The summed E-state index contributed by atoms with van der Waals surface area (Å²) >= 11 is 9.76. The number of aliphatic imine (C=N–C) groups is 1. The van der Waals surface area contributed by atoms with Crippen molar-refractivity contribution in [1.29, 1.82) is 0 Å². The Hall–Kier alpha value is -2.10. The van der Waals surface area contributed by atoms with Crippen LogP contribution in [-0.2, 0) is 6.42 Å². The van der Waals surface area contributed by atoms with Gasteiger partial charge in [0.15, 0.2) is 0 Å². The summed E-state index contributed by atoms with van der Waals surface area (Å²) in [6.45, 7) is 4.37. The van der Waals surface area contributed by atoms with Gasteiger partial charge in [-0.3, -0.25) is 4.99 Å². The van der Waals surface area contributed by atoms with Crippen LogP contribution in [0.3, 0.4) is 0 Å². The first-order valence-corrected chi connectivity index (χ1v) is 10.5. The first kappa shape index (κ1) is 20.6. The number of hydrogen-bond acceptors (Lipinski definition) is 2. The van der Waals surface area contributed by atoms with Gasteiger partial charge in [-0.2, -0.15) is 0 Å². The highest BCUT2D eigenvalue weighted by Crippen LogP contribution is 2.32. The molecule has 0 saturated carbocycles. The number of rotatable bonds is 6. The van der Waals surface area contributed by atoms with Gasteiger partial charge in [0.2, 0.25) is 0 Å². The highest BCUT2D eigenvalue weighted by molar-refractivity contribution is 9.10. The summed E-state index contributed by atoms with van der Waals surface area (Å²) in [5.41, 5.74) is 4.92. The number of phenolic OH excluding ortho intramolecular Hbond substituents is 1. The molecule has 0 heterocycles. The van der Waals surface area contributed by atoms with Gasteiger partial charge in [-0.15, -0.1) is 0 Å². The maximum atomic E-state index is 10.5. The predicted octanol–water partition coefficient (Wildman–Crippen LogP) is 7.66. The van der Waals surface area contributed by atoms with Crippen molar-refractivity contribution >= 4 is 39.4 Å². The molecule has 0 spiro atoms. The lowest BCUT2D eigenvalue weighted by Gasteiger charge is -2.12. The molecule has 28 heavy (non-hydrogen) atoms. The molecule has 0 radical (unpaired) electrons. The molecule has 2 nitrogen and oxygen atoms in total. The highest BCUT2D eigenvalue weighted by atomic mass is 79.9. The average Bonchev–Trinajstić information content (AvgIpc) is 2.71. The third-order valence-electron chi connectivity index (χ3n) is 4.93. The van der Waals surface area contributed by atoms with Crippen LogP contribution in [-0.4, -0.2) is 11.3 Å². The molecule has 4 heteroatoms. The van der Waals surface area contributed by atoms with Crippen LogP contribution in [0.4, 0.5) is 5.69 Å². The lowest BCUT2D eigenvalue weighted by Crippen LogP contribution is -1.94. The van der Waals surface area contributed by atoms with Crippen molar-refractivity contribution in [2.24, 2.45) is 4.99 Å². The summed E-state index contributed by atoms with van der Waals surface area (Å²) in [5.74, 6) is 0.618. The van der Waals surface area contributed by atoms with Gasteiger partial charge in [0.25, 0.3) is 0 Å². The van der Waals surface area contributed by atoms with Gasteiger partial charge in [0.1, 0.15) is 5.75 Å². The van der Waals surface area contributed by atoms with Gasteiger partial charge in [-0.05, 0) is 75.6 Å². The van der Waals surface area contributed by atoms with Crippen LogP contribution in [0.2, 0.25) is 5.02 Å². The molecule has 3 aromatic carbocycles. The second-order valence-electron chi connectivity index (χ2n) is 6.91. The molecular weight excluding hydrogens is 434 g/mol. The van der Waals surface area contributed by atoms with E-state index in [4.69, 9.17) is 11.6 Å². The summed E-state index contributed by atoms with van der Waals surface area (Å²) in [5, 5.41) is 11.2. The van der Waals surface area contributed by atoms with E-state index < -0.39 is 0 Å². The second-order valence-corrected chi connectivity index (χ2v) is 8.17. The molecule has 0 aliphatic carbocycles. The normalized spacial score (nSPS) is 12.4. The Morgan fingerprint density at radius 3 is 2.57 bits per heavy atom. The van der Waals surface area contributed by atoms with Crippen molar-refractivity contribution in [2.75, 3.05) is 0 Å². The molecule has 1 unspecified atom stereocenters. The quantitative estimate of drug-likeness (QED) is 0.379. The van der Waals surface area contributed by atoms with Gasteiger partial charge < -0.3 is 5.11 Å². The Morgan fingerprint density at radius 2 is 1.82 bits per heavy atom. The lowest BCUT2D eigenvalue weighted by atomic mass is 9.97. The number of halogens is 2. The van der Waals surface area contributed by atoms with Gasteiger partial charge >= 0.3 is 0 Å². The first-order valence-electron chi connectivity index (χ1n) is 9.37. The number of para-hydroxylation sites is 1. The number of benzene rings is 3. The molecule has 144 valence electrons. The van der Waals surface area contributed by atoms with Crippen LogP contribution in [0.5, 0.6) is 5.75 Å². The van der Waals surface area contributed by atoms with Gasteiger partial charge in [-0.25, -0.2) is 0 Å². The minimum Gasteiger partial charge on any atom is -0.506 e. The number of phenols is 1. The van der Waals surface area contributed by atoms with Crippen LogP contribution in [0.25, 0.3) is 0 Å². The van der Waals surface area contributed by atoms with Gasteiger partial charge in [0.05, 0.1) is 10.2 Å². The summed E-state index contributed by atoms with van der Waals surface area (Å²) < 4.78 is 0.647. The molecular formula is C24H23BrClNO. The molecule has 0 saturated heterocycles. The zero-order chi connectivity index (χ0) is 20.1. The molecule has 3 rings (SSSR count). The fourth-order valence-corrected chi connectivity index (χ4v) is 3.85. The molecule has 0 aliphatic heterocycles. The molecule has 0 aromatic heterocycles. The number of nitrogens with zero attached hydrogens (tertiary/aromatic N) is 1. The largest absolute Gasteiger partial charge is 0.506 e. The first-order chi connectivity index (χ1) is 13.5. The van der Waals surface area contributed by atoms with Crippen molar-refractivity contribution < 1.29 is 5.11 Å². The molecule has 1 N–H and O–H groups in total. The summed E-state index contributed by atoms with van der Waals surface area (Å²) in [7, 11) is 0. The van der Waals surface area contributed by atoms with Crippen LogP contribution in [0, 0.1) is 0 Å². The summed E-state index contributed by atoms with van der Waals surface area (Å²) in [6.07, 6.45) is 3.47. The van der Waals surface area contributed by atoms with Crippen LogP contribution in [0.1, 0.15) is 48.4 Å². The Kier molecular flexibility index (Phi) is 6.93. The average molecular weight is 457 g/mol. The van der Waals surface area contributed by atoms with E-state index in [9.17, 15) is 5.11 Å². The van der Waals surface area contributed by atoms with E-state index >= 15 is 0 Å². The molecule has 0 fully saturated rings. The van der Waals surface area contributed by atoms with E-state index in [2.05, 4.69) is 40.8 Å². The zero-order valence-electron chi connectivity index (χ0n) is 16.0. The van der Waals surface area contributed by atoms with Crippen molar-refractivity contribution in [3.63, 3.8) is 0 Å². The summed E-state index contributed by atoms with van der Waals surface area (Å²) in [4.78, 5) is 4.68. The van der Waals surface area contributed by atoms with Crippen LogP contribution >= 0.6 is 27.5 Å². The van der Waals surface area contributed by atoms with E-state index in [1.165, 1.54) is 5.56 Å². The maximum absolute atomic E-state index is 10.5. The maximum Gasteiger partial charge on any atom is 0.138 e. The summed E-state index contributed by atoms with van der Waals surface area (Å²) in [6, 6.07) is 19.8. The minimum absolute atomic E-state index is 0.188. The zero-order valence-corrected chi connectivity index (χ0v) is 18.3. The van der Waals surface area contributed by atoms with E-state index in [0.717, 1.165) is 28.3 Å². The van der Waals surface area contributed by atoms with Gasteiger partial charge in [0, 0.05) is 16.8 Å². The van der Waals surface area contributed by atoms with Crippen LogP contribution < -0.4 is 0 Å². The van der Waals surface area contributed by atoms with E-state index in [1.54, 1.807) is 6.21 Å². The van der Waals surface area contributed by atoms with Crippen molar-refractivity contribution in [1.82, 2.24) is 0 Å². The van der Waals surface area contributed by atoms with Crippen LogP contribution in [0.15, 0.2) is 70.1 Å². The topological polar surface area (TPSA) is 32.6 Å². The molecule has 3 aromatic rings. The standard InChI is InChI=1S/C24H23BrClNO/c1-3-16(2)20-9-5-7-11-23(20)27-15-19-13-17(14-21(25)24(19)28)12-18-8-4-6-10-22(18)26/h4-11,13-16,28H,3,12H2,1-2H3. The Bertz CT molecular complexity index is 1000. The smallest absolute Gasteiger partial charge is 0.138 e. The Balaban J connectivity index is 1.94. The third kappa shape index (κ3) is 4.84. The van der Waals surface area contributed by atoms with E-state index in [0.29, 0.717) is 22.4 Å². The van der Waals surface area contributed by atoms with Crippen molar-refractivity contribution in [2.45, 2.75) is 32.6 Å². The molecule has 0 bridgehead atoms. The van der Waals surface area contributed by atoms with Crippen molar-refractivity contribution in [3.8, 4) is 5.75 Å². The minimum atomic E-state index is 0.188.